The van der Waals surface area contributed by atoms with Gasteiger partial charge in [-0.15, -0.1) is 0 Å². The molecule has 0 aromatic carbocycles. The normalized spacial score (nSPS) is 37.2. The number of hydrogen-bond donors (Lipinski definition) is 1. The van der Waals surface area contributed by atoms with Crippen LogP contribution in [0.3, 0.4) is 0 Å². The maximum Gasteiger partial charge on any atom is 0.307 e. The quantitative estimate of drug-likeness (QED) is 0.235. The van der Waals surface area contributed by atoms with Crippen LogP contribution in [-0.4, -0.2) is 40.6 Å². The van der Waals surface area contributed by atoms with Gasteiger partial charge in [0.2, 0.25) is 0 Å². The van der Waals surface area contributed by atoms with Crippen molar-refractivity contribution >= 4 is 23.9 Å². The van der Waals surface area contributed by atoms with E-state index < -0.39 is 11.0 Å². The summed E-state index contributed by atoms with van der Waals surface area (Å²) in [7, 11) is 0. The number of allylic oxidation sites excluding steroid dienone is 1. The number of hydrogen-bond acceptors (Lipinski definition) is 6. The highest BCUT2D eigenvalue weighted by molar-refractivity contribution is 6.03. The molecule has 8 atom stereocenters. The van der Waals surface area contributed by atoms with Crippen molar-refractivity contribution < 1.29 is 23.9 Å². The van der Waals surface area contributed by atoms with Gasteiger partial charge in [0, 0.05) is 34.7 Å². The summed E-state index contributed by atoms with van der Waals surface area (Å²) in [5, 5.41) is 3.47. The molecular formula is C41H58N2O5. The van der Waals surface area contributed by atoms with E-state index in [-0.39, 0.29) is 58.3 Å². The third-order valence-electron chi connectivity index (χ3n) is 14.2. The number of carbonyl (C=O) groups is 4. The lowest BCUT2D eigenvalue weighted by atomic mass is 9.37. The first-order valence-electron chi connectivity index (χ1n) is 18.6. The number of Topliss-reactive ketones (excluding diaryl/α,β-unsaturated/α-hetero) is 1. The van der Waals surface area contributed by atoms with Crippen molar-refractivity contribution in [2.75, 3.05) is 0 Å². The van der Waals surface area contributed by atoms with Crippen LogP contribution >= 0.6 is 0 Å². The standard InChI is InChI=1S/C41H58N2O5/c1-24(2)34-29(45)21-41(43-36(47)26-15-19-42-25(3)20-26)18-12-28-27(35(34)41)10-11-31-39(28,8)16-13-30-38(6,7)32(14-17-40(30,31)9)48-33(46)22-37(4,5)23-44/h15,19-20,23-24,27-28,30-32H,10-14,16-18,21-22H2,1-9H3,(H,43,47). The number of ether oxygens (including phenoxy) is 1. The molecule has 48 heavy (non-hydrogen) atoms. The van der Waals surface area contributed by atoms with Gasteiger partial charge < -0.3 is 14.8 Å². The van der Waals surface area contributed by atoms with Crippen molar-refractivity contribution in [3.8, 4) is 0 Å². The van der Waals surface area contributed by atoms with E-state index in [4.69, 9.17) is 4.74 Å². The molecule has 5 aliphatic carbocycles. The minimum Gasteiger partial charge on any atom is -0.462 e. The number of ketones is 1. The van der Waals surface area contributed by atoms with Crippen molar-refractivity contribution in [1.29, 1.82) is 0 Å². The first kappa shape index (κ1) is 35.0. The van der Waals surface area contributed by atoms with Crippen LogP contribution < -0.4 is 5.32 Å². The molecule has 262 valence electrons. The molecule has 7 heteroatoms. The maximum absolute atomic E-state index is 13.8. The molecule has 1 aromatic rings. The van der Waals surface area contributed by atoms with E-state index in [0.29, 0.717) is 29.7 Å². The minimum atomic E-state index is -0.719. The summed E-state index contributed by atoms with van der Waals surface area (Å²) in [6, 6.07) is 3.60. The Bertz CT molecular complexity index is 1540. The van der Waals surface area contributed by atoms with Crippen LogP contribution in [0.4, 0.5) is 0 Å². The van der Waals surface area contributed by atoms with Crippen LogP contribution in [0.15, 0.2) is 29.5 Å². The molecule has 4 saturated carbocycles. The Kier molecular flexibility index (Phi) is 8.68. The molecule has 5 aliphatic rings. The summed E-state index contributed by atoms with van der Waals surface area (Å²) in [6.07, 6.45) is 10.9. The second-order valence-corrected chi connectivity index (χ2v) is 18.4. The van der Waals surface area contributed by atoms with Crippen LogP contribution in [-0.2, 0) is 19.1 Å². The van der Waals surface area contributed by atoms with Crippen LogP contribution in [0.5, 0.6) is 0 Å². The van der Waals surface area contributed by atoms with Crippen molar-refractivity contribution in [3.05, 3.63) is 40.7 Å². The molecule has 6 rings (SSSR count). The van der Waals surface area contributed by atoms with Crippen LogP contribution in [0.25, 0.3) is 0 Å². The molecule has 0 bridgehead atoms. The Morgan fingerprint density at radius 1 is 1.02 bits per heavy atom. The average Bonchev–Trinajstić information content (AvgIpc) is 3.30. The van der Waals surface area contributed by atoms with Gasteiger partial charge in [-0.25, -0.2) is 0 Å². The Hall–Kier alpha value is -2.83. The van der Waals surface area contributed by atoms with Crippen LogP contribution in [0, 0.1) is 58.2 Å². The Labute approximate surface area is 287 Å². The molecular weight excluding hydrogens is 600 g/mol. The lowest BCUT2D eigenvalue weighted by Crippen LogP contribution is -2.64. The number of esters is 1. The topological polar surface area (TPSA) is 102 Å². The lowest BCUT2D eigenvalue weighted by Gasteiger charge is -2.68. The number of nitrogens with one attached hydrogen (secondary N) is 1. The van der Waals surface area contributed by atoms with E-state index in [2.05, 4.69) is 51.8 Å². The van der Waals surface area contributed by atoms with E-state index in [1.54, 1.807) is 26.1 Å². The Balaban J connectivity index is 1.28. The van der Waals surface area contributed by atoms with E-state index in [9.17, 15) is 19.2 Å². The van der Waals surface area contributed by atoms with E-state index in [1.165, 1.54) is 5.57 Å². The van der Waals surface area contributed by atoms with E-state index in [1.807, 2.05) is 13.0 Å². The smallest absolute Gasteiger partial charge is 0.307 e. The number of aromatic nitrogens is 1. The molecule has 0 radical (unpaired) electrons. The maximum atomic E-state index is 13.8. The molecule has 0 spiro atoms. The molecule has 0 aliphatic heterocycles. The van der Waals surface area contributed by atoms with Gasteiger partial charge in [-0.1, -0.05) is 55.4 Å². The van der Waals surface area contributed by atoms with Gasteiger partial charge in [0.25, 0.3) is 5.91 Å². The number of nitrogens with zero attached hydrogens (tertiary/aromatic N) is 1. The van der Waals surface area contributed by atoms with E-state index >= 15 is 0 Å². The summed E-state index contributed by atoms with van der Waals surface area (Å²) in [6.45, 7) is 19.4. The zero-order valence-electron chi connectivity index (χ0n) is 30.8. The minimum absolute atomic E-state index is 0.107. The Morgan fingerprint density at radius 3 is 2.40 bits per heavy atom. The van der Waals surface area contributed by atoms with Crippen molar-refractivity contribution in [2.24, 2.45) is 51.2 Å². The molecule has 0 saturated heterocycles. The first-order chi connectivity index (χ1) is 22.4. The van der Waals surface area contributed by atoms with Crippen LogP contribution in [0.1, 0.15) is 136 Å². The fraction of sp³-hybridized carbons (Fsp3) is 0.732. The van der Waals surface area contributed by atoms with Gasteiger partial charge >= 0.3 is 5.97 Å². The number of amides is 1. The highest BCUT2D eigenvalue weighted by Crippen LogP contribution is 2.72. The number of fused-ring (bicyclic) bond motifs is 7. The van der Waals surface area contributed by atoms with Crippen molar-refractivity contribution in [1.82, 2.24) is 10.3 Å². The lowest BCUT2D eigenvalue weighted by molar-refractivity contribution is -0.213. The molecule has 8 unspecified atom stereocenters. The van der Waals surface area contributed by atoms with Gasteiger partial charge in [0.05, 0.1) is 12.0 Å². The van der Waals surface area contributed by atoms with E-state index in [0.717, 1.165) is 68.9 Å². The monoisotopic (exact) mass is 658 g/mol. The second kappa shape index (κ2) is 11.9. The predicted octanol–water partition coefficient (Wildman–Crippen LogP) is 7.99. The zero-order chi connectivity index (χ0) is 35.0. The third kappa shape index (κ3) is 5.50. The van der Waals surface area contributed by atoms with Gasteiger partial charge in [-0.2, -0.15) is 0 Å². The molecule has 7 nitrogen and oxygen atoms in total. The summed E-state index contributed by atoms with van der Waals surface area (Å²) in [5.74, 6) is 1.65. The molecule has 4 fully saturated rings. The first-order valence-corrected chi connectivity index (χ1v) is 18.6. The molecule has 1 amide bonds. The molecule has 1 N–H and O–H groups in total. The second-order valence-electron chi connectivity index (χ2n) is 18.4. The molecule has 1 heterocycles. The number of aldehydes is 1. The largest absolute Gasteiger partial charge is 0.462 e. The number of carbonyl (C=O) groups excluding carboxylic acids is 4. The number of aryl methyl sites for hydroxylation is 1. The zero-order valence-corrected chi connectivity index (χ0v) is 30.8. The van der Waals surface area contributed by atoms with Gasteiger partial charge in [-0.05, 0) is 122 Å². The van der Waals surface area contributed by atoms with Gasteiger partial charge in [-0.3, -0.25) is 19.4 Å². The SMILES string of the molecule is Cc1cc(C(=O)NC23CCC4C(CCC5C4(C)CCC4C(C)(C)C(OC(=O)CC(C)(C)C=O)CCC45C)C2=C(C(C)C)C(=O)C3)ccn1. The van der Waals surface area contributed by atoms with Crippen molar-refractivity contribution in [2.45, 2.75) is 138 Å². The van der Waals surface area contributed by atoms with Crippen molar-refractivity contribution in [3.63, 3.8) is 0 Å². The molecule has 1 aromatic heterocycles. The van der Waals surface area contributed by atoms with Gasteiger partial charge in [0.1, 0.15) is 12.4 Å². The Morgan fingerprint density at radius 2 is 1.73 bits per heavy atom. The van der Waals surface area contributed by atoms with Crippen LogP contribution in [0.2, 0.25) is 0 Å². The highest BCUT2D eigenvalue weighted by Gasteiger charge is 2.67. The average molecular weight is 659 g/mol. The summed E-state index contributed by atoms with van der Waals surface area (Å²) >= 11 is 0. The fourth-order valence-electron chi connectivity index (χ4n) is 12.2. The summed E-state index contributed by atoms with van der Waals surface area (Å²) < 4.78 is 6.18. The highest BCUT2D eigenvalue weighted by atomic mass is 16.5. The summed E-state index contributed by atoms with van der Waals surface area (Å²) in [4.78, 5) is 56.3. The summed E-state index contributed by atoms with van der Waals surface area (Å²) in [5.41, 5.74) is 2.37. The number of rotatable bonds is 7. The number of pyridine rings is 1. The fourth-order valence-corrected chi connectivity index (χ4v) is 12.2. The predicted molar refractivity (Wildman–Crippen MR) is 186 cm³/mol. The van der Waals surface area contributed by atoms with Gasteiger partial charge in [0.15, 0.2) is 5.78 Å². The third-order valence-corrected chi connectivity index (χ3v) is 14.2.